The molecule has 19 heavy (non-hydrogen) atoms. The number of thiazole rings is 1. The molecule has 0 radical (unpaired) electrons. The fraction of sp³-hybridized carbons (Fsp3) is 0.231. The van der Waals surface area contributed by atoms with Crippen LogP contribution in [0.25, 0.3) is 0 Å². The summed E-state index contributed by atoms with van der Waals surface area (Å²) in [4.78, 5) is 15.1. The highest BCUT2D eigenvalue weighted by atomic mass is 32.1. The summed E-state index contributed by atoms with van der Waals surface area (Å²) < 4.78 is 5.07. The summed E-state index contributed by atoms with van der Waals surface area (Å²) in [6, 6.07) is 7.62. The summed E-state index contributed by atoms with van der Waals surface area (Å²) in [7, 11) is 1.62. The summed E-state index contributed by atoms with van der Waals surface area (Å²) in [5, 5.41) is 14.5. The largest absolute Gasteiger partial charge is 0.544 e. The van der Waals surface area contributed by atoms with Gasteiger partial charge in [-0.1, -0.05) is 23.5 Å². The van der Waals surface area contributed by atoms with Crippen molar-refractivity contribution in [1.82, 2.24) is 4.98 Å². The third-order valence-corrected chi connectivity index (χ3v) is 3.68. The Balaban J connectivity index is 2.01. The number of carbonyl (C=O) groups excluding carboxylic acids is 1. The number of rotatable bonds is 5. The summed E-state index contributed by atoms with van der Waals surface area (Å²) in [6.07, 6.45) is 0. The van der Waals surface area contributed by atoms with E-state index in [1.54, 1.807) is 14.0 Å². The molecule has 0 unspecified atom stereocenters. The number of carbonyl (C=O) groups is 1. The minimum atomic E-state index is -1.19. The zero-order valence-electron chi connectivity index (χ0n) is 10.6. The molecule has 1 aromatic heterocycles. The van der Waals surface area contributed by atoms with Gasteiger partial charge in [0, 0.05) is 6.54 Å². The van der Waals surface area contributed by atoms with E-state index in [4.69, 9.17) is 4.74 Å². The number of hydrogen-bond donors (Lipinski definition) is 1. The van der Waals surface area contributed by atoms with Crippen molar-refractivity contribution >= 4 is 22.4 Å². The third kappa shape index (κ3) is 3.23. The van der Waals surface area contributed by atoms with E-state index in [0.717, 1.165) is 22.6 Å². The van der Waals surface area contributed by atoms with E-state index in [1.807, 2.05) is 24.3 Å². The molecule has 2 rings (SSSR count). The van der Waals surface area contributed by atoms with Gasteiger partial charge in [0.1, 0.15) is 5.75 Å². The maximum absolute atomic E-state index is 10.8. The summed E-state index contributed by atoms with van der Waals surface area (Å²) in [5.74, 6) is -0.388. The van der Waals surface area contributed by atoms with E-state index >= 15 is 0 Å². The molecule has 5 nitrogen and oxygen atoms in total. The van der Waals surface area contributed by atoms with Crippen LogP contribution in [0.15, 0.2) is 24.3 Å². The first-order chi connectivity index (χ1) is 9.10. The summed E-state index contributed by atoms with van der Waals surface area (Å²) in [5.41, 5.74) is 1.53. The third-order valence-electron chi connectivity index (χ3n) is 2.58. The molecule has 1 N–H and O–H groups in total. The van der Waals surface area contributed by atoms with Crippen molar-refractivity contribution < 1.29 is 14.6 Å². The molecule has 0 aliphatic heterocycles. The van der Waals surface area contributed by atoms with Crippen molar-refractivity contribution in [2.45, 2.75) is 13.5 Å². The van der Waals surface area contributed by atoms with Crippen molar-refractivity contribution in [2.75, 3.05) is 12.4 Å². The lowest BCUT2D eigenvalue weighted by molar-refractivity contribution is -0.254. The van der Waals surface area contributed by atoms with Crippen LogP contribution >= 0.6 is 11.3 Å². The highest BCUT2D eigenvalue weighted by Crippen LogP contribution is 2.22. The summed E-state index contributed by atoms with van der Waals surface area (Å²) >= 11 is 1.09. The first-order valence-electron chi connectivity index (χ1n) is 5.65. The second kappa shape index (κ2) is 5.71. The molecule has 0 spiro atoms. The Morgan fingerprint density at radius 1 is 1.42 bits per heavy atom. The Hall–Kier alpha value is -2.08. The Morgan fingerprint density at radius 2 is 2.11 bits per heavy atom. The van der Waals surface area contributed by atoms with Gasteiger partial charge in [0.2, 0.25) is 0 Å². The highest BCUT2D eigenvalue weighted by Gasteiger charge is 2.07. The van der Waals surface area contributed by atoms with E-state index in [0.29, 0.717) is 17.4 Å². The van der Waals surface area contributed by atoms with Gasteiger partial charge >= 0.3 is 0 Å². The first kappa shape index (κ1) is 13.4. The van der Waals surface area contributed by atoms with Crippen LogP contribution in [0.3, 0.4) is 0 Å². The second-order valence-corrected chi connectivity index (χ2v) is 4.92. The number of ether oxygens (including phenoxy) is 1. The monoisotopic (exact) mass is 277 g/mol. The number of nitrogens with zero attached hydrogens (tertiary/aromatic N) is 1. The van der Waals surface area contributed by atoms with Crippen molar-refractivity contribution in [1.29, 1.82) is 0 Å². The molecule has 0 saturated carbocycles. The van der Waals surface area contributed by atoms with Gasteiger partial charge in [-0.15, -0.1) is 0 Å². The Bertz CT molecular complexity index is 578. The van der Waals surface area contributed by atoms with E-state index in [1.165, 1.54) is 0 Å². The lowest BCUT2D eigenvalue weighted by atomic mass is 10.2. The van der Waals surface area contributed by atoms with Crippen LogP contribution in [-0.4, -0.2) is 18.1 Å². The van der Waals surface area contributed by atoms with Gasteiger partial charge < -0.3 is 20.0 Å². The number of aromatic carboxylic acids is 1. The summed E-state index contributed by atoms with van der Waals surface area (Å²) in [6.45, 7) is 2.23. The Labute approximate surface area is 114 Å². The van der Waals surface area contributed by atoms with E-state index in [9.17, 15) is 9.90 Å². The van der Waals surface area contributed by atoms with Gasteiger partial charge in [0.15, 0.2) is 5.13 Å². The number of carboxylic acid groups (broad SMARTS) is 1. The minimum absolute atomic E-state index is 0.164. The predicted octanol–water partition coefficient (Wildman–Crippen LogP) is 1.44. The standard InChI is InChI=1S/C13H14N2O3S/c1-8-11(12(16)17)19-13(15-8)14-7-9-3-5-10(18-2)6-4-9/h3-6H,7H2,1-2H3,(H,14,15)(H,16,17)/p-1. The Morgan fingerprint density at radius 3 is 2.63 bits per heavy atom. The molecule has 100 valence electrons. The lowest BCUT2D eigenvalue weighted by Gasteiger charge is -2.04. The van der Waals surface area contributed by atoms with Crippen molar-refractivity contribution in [3.8, 4) is 5.75 Å². The molecular weight excluding hydrogens is 264 g/mol. The smallest absolute Gasteiger partial charge is 0.183 e. The number of benzene rings is 1. The molecule has 0 amide bonds. The minimum Gasteiger partial charge on any atom is -0.544 e. The van der Waals surface area contributed by atoms with Crippen LogP contribution in [0.4, 0.5) is 5.13 Å². The van der Waals surface area contributed by atoms with Gasteiger partial charge in [-0.3, -0.25) is 0 Å². The van der Waals surface area contributed by atoms with Crippen molar-refractivity contribution in [2.24, 2.45) is 0 Å². The molecule has 6 heteroatoms. The van der Waals surface area contributed by atoms with Crippen LogP contribution in [0.5, 0.6) is 5.75 Å². The van der Waals surface area contributed by atoms with Crippen molar-refractivity contribution in [3.05, 3.63) is 40.4 Å². The van der Waals surface area contributed by atoms with E-state index in [2.05, 4.69) is 10.3 Å². The lowest BCUT2D eigenvalue weighted by Crippen LogP contribution is -2.21. The molecular formula is C13H13N2O3S-. The van der Waals surface area contributed by atoms with Gasteiger partial charge in [0.05, 0.1) is 23.7 Å². The maximum atomic E-state index is 10.8. The van der Waals surface area contributed by atoms with Gasteiger partial charge in [-0.05, 0) is 24.6 Å². The van der Waals surface area contributed by atoms with Gasteiger partial charge in [0.25, 0.3) is 0 Å². The Kier molecular flexibility index (Phi) is 4.01. The molecule has 2 aromatic rings. The zero-order valence-corrected chi connectivity index (χ0v) is 11.4. The average molecular weight is 277 g/mol. The first-order valence-corrected chi connectivity index (χ1v) is 6.47. The molecule has 0 saturated heterocycles. The van der Waals surface area contributed by atoms with Crippen LogP contribution < -0.4 is 15.2 Å². The SMILES string of the molecule is COc1ccc(CNc2nc(C)c(C(=O)[O-])s2)cc1. The quantitative estimate of drug-likeness (QED) is 0.895. The number of anilines is 1. The highest BCUT2D eigenvalue weighted by molar-refractivity contribution is 7.17. The number of aryl methyl sites for hydroxylation is 1. The number of aromatic nitrogens is 1. The van der Waals surface area contributed by atoms with Crippen LogP contribution in [0.1, 0.15) is 20.9 Å². The number of nitrogens with one attached hydrogen (secondary N) is 1. The predicted molar refractivity (Wildman–Crippen MR) is 71.5 cm³/mol. The number of carboxylic acids is 1. The molecule has 0 bridgehead atoms. The van der Waals surface area contributed by atoms with Crippen LogP contribution in [0, 0.1) is 6.92 Å². The number of methoxy groups -OCH3 is 1. The normalized spacial score (nSPS) is 10.2. The van der Waals surface area contributed by atoms with Crippen molar-refractivity contribution in [3.63, 3.8) is 0 Å². The van der Waals surface area contributed by atoms with E-state index in [-0.39, 0.29) is 4.88 Å². The molecule has 0 aliphatic carbocycles. The van der Waals surface area contributed by atoms with Gasteiger partial charge in [-0.2, -0.15) is 0 Å². The second-order valence-electron chi connectivity index (χ2n) is 3.92. The van der Waals surface area contributed by atoms with Crippen LogP contribution in [-0.2, 0) is 6.54 Å². The number of hydrogen-bond acceptors (Lipinski definition) is 6. The van der Waals surface area contributed by atoms with E-state index < -0.39 is 5.97 Å². The molecule has 0 atom stereocenters. The molecule has 1 aromatic carbocycles. The van der Waals surface area contributed by atoms with Crippen LogP contribution in [0.2, 0.25) is 0 Å². The molecule has 1 heterocycles. The zero-order chi connectivity index (χ0) is 13.8. The van der Waals surface area contributed by atoms with Gasteiger partial charge in [-0.25, -0.2) is 4.98 Å². The fourth-order valence-corrected chi connectivity index (χ4v) is 2.38. The molecule has 0 fully saturated rings. The fourth-order valence-electron chi connectivity index (χ4n) is 1.58. The molecule has 0 aliphatic rings. The topological polar surface area (TPSA) is 74.3 Å². The maximum Gasteiger partial charge on any atom is 0.183 e. The average Bonchev–Trinajstić information content (AvgIpc) is 2.78.